The first-order valence-corrected chi connectivity index (χ1v) is 10.7. The fourth-order valence-corrected chi connectivity index (χ4v) is 4.53. The lowest BCUT2D eigenvalue weighted by atomic mass is 9.95. The van der Waals surface area contributed by atoms with Crippen LogP contribution in [0.2, 0.25) is 0 Å². The van der Waals surface area contributed by atoms with Crippen LogP contribution in [-0.4, -0.2) is 46.6 Å². The Balaban J connectivity index is 0.00000245. The number of rotatable bonds is 5. The van der Waals surface area contributed by atoms with Gasteiger partial charge in [0.25, 0.3) is 5.56 Å². The van der Waals surface area contributed by atoms with Crippen LogP contribution in [0.15, 0.2) is 47.4 Å². The number of piperidine rings is 1. The summed E-state index contributed by atoms with van der Waals surface area (Å²) in [4.78, 5) is 25.9. The number of hydrogen-bond donors (Lipinski definition) is 2. The van der Waals surface area contributed by atoms with Crippen LogP contribution in [0.5, 0.6) is 5.75 Å². The minimum absolute atomic E-state index is 0. The Bertz CT molecular complexity index is 1290. The Morgan fingerprint density at radius 3 is 2.75 bits per heavy atom. The number of aromatic amines is 2. The molecule has 1 saturated heterocycles. The molecule has 0 spiro atoms. The molecule has 2 aromatic carbocycles. The zero-order chi connectivity index (χ0) is 21.4. The third-order valence-corrected chi connectivity index (χ3v) is 6.33. The maximum absolute atomic E-state index is 13.4. The zero-order valence-electron chi connectivity index (χ0n) is 17.9. The first-order valence-electron chi connectivity index (χ1n) is 10.7. The van der Waals surface area contributed by atoms with Crippen molar-refractivity contribution in [3.8, 4) is 5.75 Å². The summed E-state index contributed by atoms with van der Waals surface area (Å²) in [6, 6.07) is 10.3. The van der Waals surface area contributed by atoms with E-state index in [0.717, 1.165) is 55.6 Å². The number of benzene rings is 2. The van der Waals surface area contributed by atoms with Crippen LogP contribution in [0, 0.1) is 5.82 Å². The molecule has 0 unspecified atom stereocenters. The van der Waals surface area contributed by atoms with Gasteiger partial charge in [0.1, 0.15) is 17.4 Å². The van der Waals surface area contributed by atoms with E-state index in [1.165, 1.54) is 17.7 Å². The molecule has 32 heavy (non-hydrogen) atoms. The largest absolute Gasteiger partial charge is 0.497 e. The summed E-state index contributed by atoms with van der Waals surface area (Å²) in [5.74, 6) is 1.47. The summed E-state index contributed by atoms with van der Waals surface area (Å²) in [7, 11) is 1.59. The molecule has 3 heterocycles. The Hall–Kier alpha value is -2.90. The van der Waals surface area contributed by atoms with Gasteiger partial charge in [0.05, 0.1) is 18.0 Å². The second-order valence-corrected chi connectivity index (χ2v) is 8.20. The van der Waals surface area contributed by atoms with E-state index in [2.05, 4.69) is 14.9 Å². The quantitative estimate of drug-likeness (QED) is 0.467. The van der Waals surface area contributed by atoms with Crippen LogP contribution in [0.3, 0.4) is 0 Å². The molecule has 0 atom stereocenters. The van der Waals surface area contributed by atoms with Crippen molar-refractivity contribution in [3.63, 3.8) is 0 Å². The van der Waals surface area contributed by atoms with Crippen LogP contribution in [0.4, 0.5) is 4.39 Å². The molecule has 1 aliphatic heterocycles. The number of hydrogen-bond acceptors (Lipinski definition) is 4. The molecule has 0 aliphatic carbocycles. The van der Waals surface area contributed by atoms with Gasteiger partial charge >= 0.3 is 0 Å². The highest BCUT2D eigenvalue weighted by Crippen LogP contribution is 2.27. The highest BCUT2D eigenvalue weighted by Gasteiger charge is 2.23. The summed E-state index contributed by atoms with van der Waals surface area (Å²) in [6.45, 7) is 2.89. The molecule has 1 fully saturated rings. The number of aromatic nitrogens is 3. The average Bonchev–Trinajstić information content (AvgIpc) is 3.19. The number of halogens is 2. The highest BCUT2D eigenvalue weighted by atomic mass is 35.5. The number of H-pyrrole nitrogens is 2. The predicted octanol–water partition coefficient (Wildman–Crippen LogP) is 4.40. The van der Waals surface area contributed by atoms with E-state index in [9.17, 15) is 9.18 Å². The topological polar surface area (TPSA) is 74.0 Å². The molecule has 5 rings (SSSR count). The molecule has 0 amide bonds. The number of fused-ring (bicyclic) bond motifs is 2. The van der Waals surface area contributed by atoms with Crippen LogP contribution in [0.25, 0.3) is 21.8 Å². The van der Waals surface area contributed by atoms with Crippen molar-refractivity contribution in [3.05, 3.63) is 70.2 Å². The monoisotopic (exact) mass is 456 g/mol. The maximum atomic E-state index is 13.4. The van der Waals surface area contributed by atoms with Gasteiger partial charge in [-0.05, 0) is 74.3 Å². The van der Waals surface area contributed by atoms with Gasteiger partial charge in [-0.1, -0.05) is 0 Å². The van der Waals surface area contributed by atoms with Crippen molar-refractivity contribution in [1.29, 1.82) is 0 Å². The van der Waals surface area contributed by atoms with Crippen LogP contribution < -0.4 is 10.3 Å². The molecular weight excluding hydrogens is 431 g/mol. The van der Waals surface area contributed by atoms with Gasteiger partial charge in [0, 0.05) is 29.6 Å². The molecule has 2 aromatic heterocycles. The number of methoxy groups -OCH3 is 1. The standard InChI is InChI=1S/C24H25FN4O2.ClH/c1-31-18-3-5-21-20(13-18)24(30)28-23(27-21)15-6-9-29(10-7-15)11-8-16-14-26-22-12-17(25)2-4-19(16)22;/h2-5,12-15,26H,6-11H2,1H3,(H,27,28,30);1H. The summed E-state index contributed by atoms with van der Waals surface area (Å²) >= 11 is 0. The van der Waals surface area contributed by atoms with Gasteiger partial charge in [-0.3, -0.25) is 4.79 Å². The van der Waals surface area contributed by atoms with Gasteiger partial charge in [-0.15, -0.1) is 12.4 Å². The van der Waals surface area contributed by atoms with Crippen molar-refractivity contribution in [1.82, 2.24) is 19.9 Å². The minimum Gasteiger partial charge on any atom is -0.497 e. The van der Waals surface area contributed by atoms with Crippen molar-refractivity contribution < 1.29 is 9.13 Å². The summed E-state index contributed by atoms with van der Waals surface area (Å²) < 4.78 is 18.6. The summed E-state index contributed by atoms with van der Waals surface area (Å²) in [5.41, 5.74) is 2.65. The van der Waals surface area contributed by atoms with E-state index < -0.39 is 0 Å². The first-order chi connectivity index (χ1) is 15.1. The van der Waals surface area contributed by atoms with Gasteiger partial charge in [0.2, 0.25) is 0 Å². The Morgan fingerprint density at radius 1 is 1.16 bits per heavy atom. The third-order valence-electron chi connectivity index (χ3n) is 6.33. The SMILES string of the molecule is COc1ccc2nc(C3CCN(CCc4c[nH]c5cc(F)ccc45)CC3)[nH]c(=O)c2c1.Cl. The lowest BCUT2D eigenvalue weighted by Crippen LogP contribution is -2.35. The second-order valence-electron chi connectivity index (χ2n) is 8.20. The zero-order valence-corrected chi connectivity index (χ0v) is 18.7. The first kappa shape index (κ1) is 22.3. The van der Waals surface area contributed by atoms with E-state index in [-0.39, 0.29) is 29.7 Å². The molecule has 0 saturated carbocycles. The minimum atomic E-state index is -0.220. The number of likely N-dealkylation sites (tertiary alicyclic amines) is 1. The van der Waals surface area contributed by atoms with Gasteiger partial charge in [-0.25, -0.2) is 9.37 Å². The molecule has 4 aromatic rings. The Morgan fingerprint density at radius 2 is 1.97 bits per heavy atom. The molecule has 0 radical (unpaired) electrons. The van der Waals surface area contributed by atoms with E-state index in [4.69, 9.17) is 9.72 Å². The van der Waals surface area contributed by atoms with E-state index >= 15 is 0 Å². The molecule has 2 N–H and O–H groups in total. The fraction of sp³-hybridized carbons (Fsp3) is 0.333. The molecular formula is C24H26ClFN4O2. The van der Waals surface area contributed by atoms with Crippen molar-refractivity contribution in [2.24, 2.45) is 0 Å². The van der Waals surface area contributed by atoms with E-state index in [1.807, 2.05) is 24.4 Å². The molecule has 8 heteroatoms. The van der Waals surface area contributed by atoms with Crippen molar-refractivity contribution >= 4 is 34.2 Å². The van der Waals surface area contributed by atoms with Crippen LogP contribution in [0.1, 0.15) is 30.1 Å². The van der Waals surface area contributed by atoms with E-state index in [1.54, 1.807) is 13.2 Å². The number of nitrogens with zero attached hydrogens (tertiary/aromatic N) is 2. The van der Waals surface area contributed by atoms with Crippen molar-refractivity contribution in [2.75, 3.05) is 26.7 Å². The lowest BCUT2D eigenvalue weighted by Gasteiger charge is -2.31. The second kappa shape index (κ2) is 9.30. The molecule has 6 nitrogen and oxygen atoms in total. The van der Waals surface area contributed by atoms with Gasteiger partial charge in [0.15, 0.2) is 0 Å². The summed E-state index contributed by atoms with van der Waals surface area (Å²) in [6.07, 6.45) is 4.83. The predicted molar refractivity (Wildman–Crippen MR) is 127 cm³/mol. The Kier molecular flexibility index (Phi) is 6.48. The Labute approximate surface area is 191 Å². The van der Waals surface area contributed by atoms with Gasteiger partial charge in [-0.2, -0.15) is 0 Å². The summed E-state index contributed by atoms with van der Waals surface area (Å²) in [5, 5.41) is 1.64. The number of ether oxygens (including phenoxy) is 1. The normalized spacial score (nSPS) is 15.2. The molecule has 1 aliphatic rings. The fourth-order valence-electron chi connectivity index (χ4n) is 4.53. The smallest absolute Gasteiger partial charge is 0.258 e. The van der Waals surface area contributed by atoms with Crippen LogP contribution in [-0.2, 0) is 6.42 Å². The highest BCUT2D eigenvalue weighted by molar-refractivity contribution is 5.85. The average molecular weight is 457 g/mol. The number of nitrogens with one attached hydrogen (secondary N) is 2. The maximum Gasteiger partial charge on any atom is 0.258 e. The lowest BCUT2D eigenvalue weighted by molar-refractivity contribution is 0.211. The van der Waals surface area contributed by atoms with E-state index in [0.29, 0.717) is 16.7 Å². The van der Waals surface area contributed by atoms with Gasteiger partial charge < -0.3 is 19.6 Å². The molecule has 0 bridgehead atoms. The molecule has 168 valence electrons. The third kappa shape index (κ3) is 4.36. The van der Waals surface area contributed by atoms with Crippen LogP contribution >= 0.6 is 12.4 Å². The van der Waals surface area contributed by atoms with Crippen molar-refractivity contribution in [2.45, 2.75) is 25.2 Å².